The number of carbonyl (C=O) groups is 1. The van der Waals surface area contributed by atoms with Crippen molar-refractivity contribution < 1.29 is 4.79 Å². The van der Waals surface area contributed by atoms with E-state index in [0.717, 1.165) is 18.7 Å². The van der Waals surface area contributed by atoms with Crippen molar-refractivity contribution >= 4 is 28.7 Å². The number of hydrogen-bond donors (Lipinski definition) is 3. The highest BCUT2D eigenvalue weighted by Crippen LogP contribution is 2.19. The highest BCUT2D eigenvalue weighted by molar-refractivity contribution is 7.12. The van der Waals surface area contributed by atoms with Gasteiger partial charge in [0.2, 0.25) is 0 Å². The third-order valence-electron chi connectivity index (χ3n) is 2.68. The first-order valence-electron chi connectivity index (χ1n) is 6.15. The Morgan fingerprint density at radius 1 is 1.11 bits per heavy atom. The number of nitrogens with two attached hydrogens (primary N) is 1. The second-order valence-electron chi connectivity index (χ2n) is 4.14. The highest BCUT2D eigenvalue weighted by Gasteiger charge is 2.00. The molecule has 4 N–H and O–H groups in total. The number of thiophene rings is 1. The van der Waals surface area contributed by atoms with Gasteiger partial charge in [-0.2, -0.15) is 0 Å². The van der Waals surface area contributed by atoms with E-state index in [0.29, 0.717) is 5.69 Å². The molecule has 0 spiro atoms. The van der Waals surface area contributed by atoms with E-state index in [-0.39, 0.29) is 0 Å². The van der Waals surface area contributed by atoms with Gasteiger partial charge in [-0.3, -0.25) is 0 Å². The normalized spacial score (nSPS) is 10.2. The number of anilines is 2. The Balaban J connectivity index is 1.90. The van der Waals surface area contributed by atoms with Crippen molar-refractivity contribution in [2.45, 2.75) is 19.9 Å². The fourth-order valence-corrected chi connectivity index (χ4v) is 2.61. The first-order chi connectivity index (χ1) is 9.17. The van der Waals surface area contributed by atoms with Crippen molar-refractivity contribution in [2.24, 2.45) is 5.73 Å². The van der Waals surface area contributed by atoms with Gasteiger partial charge in [-0.1, -0.05) is 6.92 Å². The fourth-order valence-electron chi connectivity index (χ4n) is 1.71. The molecule has 0 aliphatic heterocycles. The molecule has 0 saturated carbocycles. The van der Waals surface area contributed by atoms with Gasteiger partial charge in [0.25, 0.3) is 0 Å². The van der Waals surface area contributed by atoms with Crippen molar-refractivity contribution in [3.8, 4) is 0 Å². The van der Waals surface area contributed by atoms with Crippen LogP contribution in [0.4, 0.5) is 16.2 Å². The number of nitrogens with one attached hydrogen (secondary N) is 2. The monoisotopic (exact) mass is 275 g/mol. The van der Waals surface area contributed by atoms with E-state index in [1.165, 1.54) is 9.75 Å². The lowest BCUT2D eigenvalue weighted by Crippen LogP contribution is -2.19. The van der Waals surface area contributed by atoms with Crippen LogP contribution < -0.4 is 16.4 Å². The number of aryl methyl sites for hydroxylation is 1. The van der Waals surface area contributed by atoms with Gasteiger partial charge >= 0.3 is 6.03 Å². The topological polar surface area (TPSA) is 67.2 Å². The largest absolute Gasteiger partial charge is 0.380 e. The molecule has 0 unspecified atom stereocenters. The number of rotatable bonds is 5. The Kier molecular flexibility index (Phi) is 4.41. The van der Waals surface area contributed by atoms with Gasteiger partial charge in [0.15, 0.2) is 0 Å². The zero-order valence-electron chi connectivity index (χ0n) is 10.8. The van der Waals surface area contributed by atoms with Gasteiger partial charge in [-0.15, -0.1) is 11.3 Å². The summed E-state index contributed by atoms with van der Waals surface area (Å²) in [7, 11) is 0. The Hall–Kier alpha value is -2.01. The summed E-state index contributed by atoms with van der Waals surface area (Å²) in [6.45, 7) is 2.97. The van der Waals surface area contributed by atoms with Crippen LogP contribution in [0, 0.1) is 0 Å². The summed E-state index contributed by atoms with van der Waals surface area (Å²) in [6.07, 6.45) is 1.08. The molecule has 2 aromatic rings. The number of primary amides is 1. The van der Waals surface area contributed by atoms with Crippen LogP contribution in [0.25, 0.3) is 0 Å². The number of carbonyl (C=O) groups excluding carboxylic acids is 1. The molecule has 0 aliphatic carbocycles. The van der Waals surface area contributed by atoms with Crippen LogP contribution in [-0.2, 0) is 13.0 Å². The van der Waals surface area contributed by atoms with Crippen molar-refractivity contribution in [2.75, 3.05) is 10.6 Å². The zero-order chi connectivity index (χ0) is 13.7. The molecule has 0 fully saturated rings. The van der Waals surface area contributed by atoms with Gasteiger partial charge in [0.1, 0.15) is 0 Å². The van der Waals surface area contributed by atoms with Crippen LogP contribution in [0.3, 0.4) is 0 Å². The lowest BCUT2D eigenvalue weighted by molar-refractivity contribution is 0.259. The quantitative estimate of drug-likeness (QED) is 0.782. The highest BCUT2D eigenvalue weighted by atomic mass is 32.1. The van der Waals surface area contributed by atoms with Crippen LogP contribution in [-0.4, -0.2) is 6.03 Å². The van der Waals surface area contributed by atoms with E-state index in [1.807, 2.05) is 35.6 Å². The second kappa shape index (κ2) is 6.24. The molecular weight excluding hydrogens is 258 g/mol. The van der Waals surface area contributed by atoms with Gasteiger partial charge in [-0.05, 0) is 42.8 Å². The number of amides is 2. The maximum absolute atomic E-state index is 10.7. The van der Waals surface area contributed by atoms with Crippen LogP contribution >= 0.6 is 11.3 Å². The van der Waals surface area contributed by atoms with Gasteiger partial charge in [-0.25, -0.2) is 4.79 Å². The minimum atomic E-state index is -0.550. The molecule has 4 nitrogen and oxygen atoms in total. The number of urea groups is 1. The molecule has 19 heavy (non-hydrogen) atoms. The van der Waals surface area contributed by atoms with Crippen LogP contribution in [0.5, 0.6) is 0 Å². The van der Waals surface area contributed by atoms with Crippen molar-refractivity contribution in [3.63, 3.8) is 0 Å². The van der Waals surface area contributed by atoms with Crippen molar-refractivity contribution in [1.29, 1.82) is 0 Å². The third kappa shape index (κ3) is 3.99. The average Bonchev–Trinajstić information content (AvgIpc) is 2.85. The molecule has 1 heterocycles. The lowest BCUT2D eigenvalue weighted by Gasteiger charge is -2.06. The molecule has 0 radical (unpaired) electrons. The second-order valence-corrected chi connectivity index (χ2v) is 5.39. The maximum Gasteiger partial charge on any atom is 0.316 e. The Morgan fingerprint density at radius 2 is 1.74 bits per heavy atom. The molecule has 0 aliphatic rings. The maximum atomic E-state index is 10.7. The third-order valence-corrected chi connectivity index (χ3v) is 3.91. The van der Waals surface area contributed by atoms with Crippen LogP contribution in [0.1, 0.15) is 16.7 Å². The van der Waals surface area contributed by atoms with E-state index in [2.05, 4.69) is 29.7 Å². The summed E-state index contributed by atoms with van der Waals surface area (Å²) < 4.78 is 0. The van der Waals surface area contributed by atoms with Crippen LogP contribution in [0.15, 0.2) is 36.4 Å². The minimum Gasteiger partial charge on any atom is -0.380 e. The van der Waals surface area contributed by atoms with E-state index >= 15 is 0 Å². The molecular formula is C14H17N3OS. The average molecular weight is 275 g/mol. The molecule has 2 amide bonds. The standard InChI is InChI=1S/C14H17N3OS/c1-2-12-7-8-13(19-12)9-16-10-3-5-11(6-4-10)17-14(15)18/h3-8,16H,2,9H2,1H3,(H3,15,17,18). The first kappa shape index (κ1) is 13.4. The van der Waals surface area contributed by atoms with Crippen molar-refractivity contribution in [3.05, 3.63) is 46.2 Å². The van der Waals surface area contributed by atoms with Crippen molar-refractivity contribution in [1.82, 2.24) is 0 Å². The molecule has 1 aromatic heterocycles. The Bertz CT molecular complexity index is 548. The predicted molar refractivity (Wildman–Crippen MR) is 80.7 cm³/mol. The molecule has 100 valence electrons. The SMILES string of the molecule is CCc1ccc(CNc2ccc(NC(N)=O)cc2)s1. The smallest absolute Gasteiger partial charge is 0.316 e. The van der Waals surface area contributed by atoms with E-state index in [1.54, 1.807) is 0 Å². The summed E-state index contributed by atoms with van der Waals surface area (Å²) in [4.78, 5) is 13.4. The van der Waals surface area contributed by atoms with Gasteiger partial charge < -0.3 is 16.4 Å². The Labute approximate surface area is 116 Å². The minimum absolute atomic E-state index is 0.550. The van der Waals surface area contributed by atoms with E-state index in [4.69, 9.17) is 5.73 Å². The molecule has 5 heteroatoms. The van der Waals surface area contributed by atoms with E-state index < -0.39 is 6.03 Å². The molecule has 0 bridgehead atoms. The summed E-state index contributed by atoms with van der Waals surface area (Å²) in [5.74, 6) is 0. The van der Waals surface area contributed by atoms with Gasteiger partial charge in [0.05, 0.1) is 0 Å². The summed E-state index contributed by atoms with van der Waals surface area (Å²) >= 11 is 1.83. The Morgan fingerprint density at radius 3 is 2.32 bits per heavy atom. The first-order valence-corrected chi connectivity index (χ1v) is 6.97. The number of hydrogen-bond acceptors (Lipinski definition) is 3. The fraction of sp³-hybridized carbons (Fsp3) is 0.214. The molecule has 1 aromatic carbocycles. The molecule has 0 saturated heterocycles. The molecule has 2 rings (SSSR count). The molecule has 0 atom stereocenters. The van der Waals surface area contributed by atoms with Gasteiger partial charge in [0, 0.05) is 27.7 Å². The summed E-state index contributed by atoms with van der Waals surface area (Å²) in [6, 6.07) is 11.2. The summed E-state index contributed by atoms with van der Waals surface area (Å²) in [5, 5.41) is 5.88. The lowest BCUT2D eigenvalue weighted by atomic mass is 10.2. The predicted octanol–water partition coefficient (Wildman–Crippen LogP) is 3.41. The van der Waals surface area contributed by atoms with E-state index in [9.17, 15) is 4.79 Å². The zero-order valence-corrected chi connectivity index (χ0v) is 11.6. The summed E-state index contributed by atoms with van der Waals surface area (Å²) in [5.41, 5.74) is 6.76. The van der Waals surface area contributed by atoms with Crippen LogP contribution in [0.2, 0.25) is 0 Å². The number of benzene rings is 1.